The van der Waals surface area contributed by atoms with Crippen molar-refractivity contribution in [2.45, 2.75) is 38.6 Å². The summed E-state index contributed by atoms with van der Waals surface area (Å²) in [5.41, 5.74) is 2.55. The number of hydrogen-bond acceptors (Lipinski definition) is 3. The maximum atomic E-state index is 12.9. The van der Waals surface area contributed by atoms with Gasteiger partial charge in [-0.1, -0.05) is 25.1 Å². The van der Waals surface area contributed by atoms with Gasteiger partial charge >= 0.3 is 0 Å². The quantitative estimate of drug-likeness (QED) is 0.908. The molecule has 1 aliphatic carbocycles. The second-order valence-corrected chi connectivity index (χ2v) is 8.29. The minimum absolute atomic E-state index is 0.222. The van der Waals surface area contributed by atoms with E-state index in [9.17, 15) is 4.79 Å². The monoisotopic (exact) mass is 340 g/mol. The Morgan fingerprint density at radius 3 is 2.92 bits per heavy atom. The van der Waals surface area contributed by atoms with Gasteiger partial charge in [0.1, 0.15) is 0 Å². The Balaban J connectivity index is 1.41. The Hall–Kier alpha value is -1.81. The molecule has 0 bridgehead atoms. The first-order valence-electron chi connectivity index (χ1n) is 8.91. The van der Waals surface area contributed by atoms with E-state index in [1.165, 1.54) is 16.9 Å². The molecule has 4 rings (SSSR count). The fourth-order valence-electron chi connectivity index (χ4n) is 3.80. The number of carbonyl (C=O) groups excluding carboxylic acids is 1. The number of likely N-dealkylation sites (tertiary alicyclic amines) is 1. The number of aryl methyl sites for hydroxylation is 1. The summed E-state index contributed by atoms with van der Waals surface area (Å²) in [6, 6.07) is 12.8. The topological polar surface area (TPSA) is 32.3 Å². The molecule has 1 fully saturated rings. The highest BCUT2D eigenvalue weighted by Gasteiger charge is 2.29. The van der Waals surface area contributed by atoms with Crippen LogP contribution < -0.4 is 5.32 Å². The van der Waals surface area contributed by atoms with E-state index < -0.39 is 0 Å². The standard InChI is InChI=1S/C20H24N2OS/c1-14-7-8-18-15(11-14)12-19(24-18)20(23)22-10-9-17(13-22)21-16-5-3-2-4-6-16/h2-6,12,14,17,21H,7-11,13H2,1H3. The summed E-state index contributed by atoms with van der Waals surface area (Å²) >= 11 is 1.73. The summed E-state index contributed by atoms with van der Waals surface area (Å²) in [4.78, 5) is 17.2. The summed E-state index contributed by atoms with van der Waals surface area (Å²) in [5.74, 6) is 0.973. The van der Waals surface area contributed by atoms with Crippen LogP contribution in [-0.2, 0) is 12.8 Å². The third kappa shape index (κ3) is 3.20. The molecule has 2 heterocycles. The average molecular weight is 340 g/mol. The summed E-state index contributed by atoms with van der Waals surface area (Å²) in [6.45, 7) is 3.96. The fourth-order valence-corrected chi connectivity index (χ4v) is 4.98. The molecule has 0 saturated carbocycles. The number of rotatable bonds is 3. The number of nitrogens with zero attached hydrogens (tertiary/aromatic N) is 1. The lowest BCUT2D eigenvalue weighted by Gasteiger charge is -2.17. The molecule has 0 radical (unpaired) electrons. The first kappa shape index (κ1) is 15.7. The maximum absolute atomic E-state index is 12.9. The molecule has 3 nitrogen and oxygen atoms in total. The fraction of sp³-hybridized carbons (Fsp3) is 0.450. The van der Waals surface area contributed by atoms with E-state index >= 15 is 0 Å². The third-order valence-electron chi connectivity index (χ3n) is 5.16. The van der Waals surface area contributed by atoms with Gasteiger partial charge in [0.05, 0.1) is 4.88 Å². The lowest BCUT2D eigenvalue weighted by Crippen LogP contribution is -2.31. The second-order valence-electron chi connectivity index (χ2n) is 7.15. The average Bonchev–Trinajstić information content (AvgIpc) is 3.21. The number of hydrogen-bond donors (Lipinski definition) is 1. The Bertz CT molecular complexity index is 724. The number of fused-ring (bicyclic) bond motifs is 1. The van der Waals surface area contributed by atoms with Crippen LogP contribution in [-0.4, -0.2) is 29.9 Å². The van der Waals surface area contributed by atoms with Crippen molar-refractivity contribution in [2.75, 3.05) is 18.4 Å². The van der Waals surface area contributed by atoms with Crippen LogP contribution in [0, 0.1) is 5.92 Å². The van der Waals surface area contributed by atoms with Crippen LogP contribution in [0.5, 0.6) is 0 Å². The van der Waals surface area contributed by atoms with Crippen molar-refractivity contribution in [3.63, 3.8) is 0 Å². The smallest absolute Gasteiger partial charge is 0.264 e. The Morgan fingerprint density at radius 2 is 2.08 bits per heavy atom. The zero-order valence-electron chi connectivity index (χ0n) is 14.1. The molecule has 2 aromatic rings. The third-order valence-corrected chi connectivity index (χ3v) is 6.39. The molecule has 1 aromatic carbocycles. The summed E-state index contributed by atoms with van der Waals surface area (Å²) in [6.07, 6.45) is 4.56. The number of benzene rings is 1. The Labute approximate surface area is 147 Å². The molecule has 4 heteroatoms. The van der Waals surface area contributed by atoms with Crippen molar-refractivity contribution in [3.05, 3.63) is 51.7 Å². The zero-order chi connectivity index (χ0) is 16.5. The lowest BCUT2D eigenvalue weighted by molar-refractivity contribution is 0.0796. The molecule has 24 heavy (non-hydrogen) atoms. The van der Waals surface area contributed by atoms with Gasteiger partial charge in [0.15, 0.2) is 0 Å². The molecular formula is C20H24N2OS. The van der Waals surface area contributed by atoms with E-state index in [0.717, 1.165) is 48.8 Å². The first-order valence-corrected chi connectivity index (χ1v) is 9.73. The van der Waals surface area contributed by atoms with Gasteiger partial charge in [0.25, 0.3) is 5.91 Å². The number of nitrogens with one attached hydrogen (secondary N) is 1. The Morgan fingerprint density at radius 1 is 1.25 bits per heavy atom. The molecule has 0 spiro atoms. The molecule has 1 saturated heterocycles. The molecule has 2 aliphatic rings. The predicted octanol–water partition coefficient (Wildman–Crippen LogP) is 4.20. The van der Waals surface area contributed by atoms with E-state index in [1.807, 2.05) is 23.1 Å². The van der Waals surface area contributed by atoms with Crippen LogP contribution in [0.2, 0.25) is 0 Å². The largest absolute Gasteiger partial charge is 0.380 e. The highest BCUT2D eigenvalue weighted by Crippen LogP contribution is 2.33. The van der Waals surface area contributed by atoms with Gasteiger partial charge in [-0.2, -0.15) is 0 Å². The van der Waals surface area contributed by atoms with Crippen molar-refractivity contribution >= 4 is 22.9 Å². The van der Waals surface area contributed by atoms with Gasteiger partial charge < -0.3 is 10.2 Å². The molecule has 2 atom stereocenters. The van der Waals surface area contributed by atoms with E-state index in [2.05, 4.69) is 30.4 Å². The molecular weight excluding hydrogens is 316 g/mol. The maximum Gasteiger partial charge on any atom is 0.264 e. The first-order chi connectivity index (χ1) is 11.7. The van der Waals surface area contributed by atoms with Gasteiger partial charge in [0, 0.05) is 29.7 Å². The van der Waals surface area contributed by atoms with Gasteiger partial charge in [-0.3, -0.25) is 4.79 Å². The van der Waals surface area contributed by atoms with Crippen LogP contribution in [0.3, 0.4) is 0 Å². The van der Waals surface area contributed by atoms with E-state index in [0.29, 0.717) is 6.04 Å². The van der Waals surface area contributed by atoms with Crippen LogP contribution >= 0.6 is 11.3 Å². The van der Waals surface area contributed by atoms with Gasteiger partial charge in [0.2, 0.25) is 0 Å². The normalized spacial score (nSPS) is 23.1. The summed E-state index contributed by atoms with van der Waals surface area (Å²) in [7, 11) is 0. The molecule has 1 aliphatic heterocycles. The summed E-state index contributed by atoms with van der Waals surface area (Å²) in [5, 5.41) is 3.54. The number of thiophene rings is 1. The minimum atomic E-state index is 0.222. The van der Waals surface area contributed by atoms with E-state index in [4.69, 9.17) is 0 Å². The van der Waals surface area contributed by atoms with E-state index in [-0.39, 0.29) is 5.91 Å². The molecule has 1 amide bonds. The van der Waals surface area contributed by atoms with Gasteiger partial charge in [-0.15, -0.1) is 11.3 Å². The van der Waals surface area contributed by atoms with Crippen LogP contribution in [0.1, 0.15) is 39.9 Å². The summed E-state index contributed by atoms with van der Waals surface area (Å²) < 4.78 is 0. The molecule has 126 valence electrons. The van der Waals surface area contributed by atoms with Crippen molar-refractivity contribution in [3.8, 4) is 0 Å². The predicted molar refractivity (Wildman–Crippen MR) is 99.9 cm³/mol. The molecule has 1 N–H and O–H groups in total. The van der Waals surface area contributed by atoms with Crippen LogP contribution in [0.25, 0.3) is 0 Å². The number of para-hydroxylation sites is 1. The number of carbonyl (C=O) groups is 1. The number of amides is 1. The van der Waals surface area contributed by atoms with E-state index in [1.54, 1.807) is 11.3 Å². The number of anilines is 1. The van der Waals surface area contributed by atoms with Gasteiger partial charge in [-0.25, -0.2) is 0 Å². The molecule has 2 unspecified atom stereocenters. The van der Waals surface area contributed by atoms with Crippen LogP contribution in [0.4, 0.5) is 5.69 Å². The SMILES string of the molecule is CC1CCc2sc(C(=O)N3CCC(Nc4ccccc4)C3)cc2C1. The zero-order valence-corrected chi connectivity index (χ0v) is 14.9. The highest BCUT2D eigenvalue weighted by atomic mass is 32.1. The highest BCUT2D eigenvalue weighted by molar-refractivity contribution is 7.14. The second kappa shape index (κ2) is 6.60. The lowest BCUT2D eigenvalue weighted by atomic mass is 9.90. The van der Waals surface area contributed by atoms with Crippen molar-refractivity contribution in [2.24, 2.45) is 5.92 Å². The van der Waals surface area contributed by atoms with Crippen molar-refractivity contribution < 1.29 is 4.79 Å². The Kier molecular flexibility index (Phi) is 4.31. The van der Waals surface area contributed by atoms with Crippen molar-refractivity contribution in [1.82, 2.24) is 4.90 Å². The van der Waals surface area contributed by atoms with Gasteiger partial charge in [-0.05, 0) is 55.4 Å². The van der Waals surface area contributed by atoms with Crippen LogP contribution in [0.15, 0.2) is 36.4 Å². The molecule has 1 aromatic heterocycles. The van der Waals surface area contributed by atoms with Crippen molar-refractivity contribution in [1.29, 1.82) is 0 Å². The minimum Gasteiger partial charge on any atom is -0.380 e.